The smallest absolute Gasteiger partial charge is 0.124 e. The lowest BCUT2D eigenvalue weighted by Gasteiger charge is -2.22. The predicted octanol–water partition coefficient (Wildman–Crippen LogP) is 3.66. The molecule has 0 amide bonds. The van der Waals surface area contributed by atoms with Crippen molar-refractivity contribution in [3.05, 3.63) is 89.7 Å². The Morgan fingerprint density at radius 1 is 1.00 bits per heavy atom. The number of rotatable bonds is 8. The van der Waals surface area contributed by atoms with Crippen molar-refractivity contribution in [3.63, 3.8) is 0 Å². The molecule has 0 N–H and O–H groups in total. The van der Waals surface area contributed by atoms with Gasteiger partial charge in [-0.1, -0.05) is 60.7 Å². The zero-order chi connectivity index (χ0) is 17.5. The van der Waals surface area contributed by atoms with Crippen LogP contribution >= 0.6 is 0 Å². The van der Waals surface area contributed by atoms with Gasteiger partial charge in [0.2, 0.25) is 0 Å². The minimum atomic E-state index is -0.0983. The van der Waals surface area contributed by atoms with E-state index in [0.29, 0.717) is 6.61 Å². The van der Waals surface area contributed by atoms with Crippen LogP contribution < -0.4 is 0 Å². The molecule has 4 heteroatoms. The fourth-order valence-electron chi connectivity index (χ4n) is 2.92. The maximum absolute atomic E-state index is 6.26. The normalized spacial score (nSPS) is 12.4. The monoisotopic (exact) mass is 335 g/mol. The highest BCUT2D eigenvalue weighted by molar-refractivity contribution is 5.25. The number of ether oxygens (including phenoxy) is 1. The first-order chi connectivity index (χ1) is 12.2. The highest BCUT2D eigenvalue weighted by Crippen LogP contribution is 2.25. The minimum Gasteiger partial charge on any atom is -0.366 e. The van der Waals surface area contributed by atoms with Gasteiger partial charge < -0.3 is 4.74 Å². The summed E-state index contributed by atoms with van der Waals surface area (Å²) in [6, 6.07) is 22.8. The molecule has 0 fully saturated rings. The Hall–Kier alpha value is -2.43. The van der Waals surface area contributed by atoms with Gasteiger partial charge in [0.05, 0.1) is 12.3 Å². The predicted molar refractivity (Wildman–Crippen MR) is 100 cm³/mol. The SMILES string of the molecule is CN(CCO[C@@H](c1ccccc1)c1ccnn1C)Cc1ccccc1. The summed E-state index contributed by atoms with van der Waals surface area (Å²) in [6.07, 6.45) is 1.72. The van der Waals surface area contributed by atoms with Crippen LogP contribution in [-0.4, -0.2) is 34.9 Å². The fraction of sp³-hybridized carbons (Fsp3) is 0.286. The van der Waals surface area contributed by atoms with E-state index >= 15 is 0 Å². The van der Waals surface area contributed by atoms with Crippen LogP contribution in [-0.2, 0) is 18.3 Å². The van der Waals surface area contributed by atoms with Crippen molar-refractivity contribution in [2.24, 2.45) is 7.05 Å². The van der Waals surface area contributed by atoms with Crippen molar-refractivity contribution in [3.8, 4) is 0 Å². The Bertz CT molecular complexity index is 755. The Morgan fingerprint density at radius 3 is 2.32 bits per heavy atom. The zero-order valence-corrected chi connectivity index (χ0v) is 14.9. The standard InChI is InChI=1S/C21H25N3O/c1-23(17-18-9-5-3-6-10-18)15-16-25-21(19-11-7-4-8-12-19)20-13-14-22-24(20)2/h3-14,21H,15-17H2,1-2H3/t21-/m0/s1. The first-order valence-electron chi connectivity index (χ1n) is 8.61. The summed E-state index contributed by atoms with van der Waals surface area (Å²) < 4.78 is 8.14. The number of aromatic nitrogens is 2. The number of likely N-dealkylation sites (N-methyl/N-ethyl adjacent to an activating group) is 1. The van der Waals surface area contributed by atoms with E-state index in [0.717, 1.165) is 24.3 Å². The van der Waals surface area contributed by atoms with Crippen LogP contribution in [0.3, 0.4) is 0 Å². The lowest BCUT2D eigenvalue weighted by atomic mass is 10.1. The van der Waals surface area contributed by atoms with E-state index in [9.17, 15) is 0 Å². The third-order valence-corrected chi connectivity index (χ3v) is 4.28. The third-order valence-electron chi connectivity index (χ3n) is 4.28. The van der Waals surface area contributed by atoms with E-state index in [1.54, 1.807) is 0 Å². The molecule has 0 aliphatic carbocycles. The molecule has 25 heavy (non-hydrogen) atoms. The second-order valence-electron chi connectivity index (χ2n) is 6.26. The lowest BCUT2D eigenvalue weighted by Crippen LogP contribution is -2.24. The van der Waals surface area contributed by atoms with Crippen LogP contribution in [0.5, 0.6) is 0 Å². The summed E-state index contributed by atoms with van der Waals surface area (Å²) >= 11 is 0. The summed E-state index contributed by atoms with van der Waals surface area (Å²) in [5.74, 6) is 0. The fourth-order valence-corrected chi connectivity index (χ4v) is 2.92. The van der Waals surface area contributed by atoms with Gasteiger partial charge in [0.1, 0.15) is 6.10 Å². The second kappa shape index (κ2) is 8.60. The van der Waals surface area contributed by atoms with E-state index in [1.807, 2.05) is 48.3 Å². The van der Waals surface area contributed by atoms with Crippen molar-refractivity contribution in [1.29, 1.82) is 0 Å². The molecule has 0 radical (unpaired) electrons. The molecule has 3 rings (SSSR count). The second-order valence-corrected chi connectivity index (χ2v) is 6.26. The van der Waals surface area contributed by atoms with Crippen molar-refractivity contribution in [2.45, 2.75) is 12.6 Å². The third kappa shape index (κ3) is 4.78. The summed E-state index contributed by atoms with van der Waals surface area (Å²) in [7, 11) is 4.08. The molecule has 0 aliphatic heterocycles. The van der Waals surface area contributed by atoms with E-state index < -0.39 is 0 Å². The molecular formula is C21H25N3O. The Balaban J connectivity index is 1.61. The number of hydrogen-bond donors (Lipinski definition) is 0. The van der Waals surface area contributed by atoms with Crippen molar-refractivity contribution in [2.75, 3.05) is 20.2 Å². The molecule has 0 unspecified atom stereocenters. The van der Waals surface area contributed by atoms with E-state index in [-0.39, 0.29) is 6.10 Å². The van der Waals surface area contributed by atoms with Gasteiger partial charge in [0.25, 0.3) is 0 Å². The van der Waals surface area contributed by atoms with Gasteiger partial charge in [-0.3, -0.25) is 9.58 Å². The maximum Gasteiger partial charge on any atom is 0.124 e. The molecule has 4 nitrogen and oxygen atoms in total. The number of nitrogens with zero attached hydrogens (tertiary/aromatic N) is 3. The highest BCUT2D eigenvalue weighted by atomic mass is 16.5. The van der Waals surface area contributed by atoms with Crippen LogP contribution in [0.15, 0.2) is 72.9 Å². The molecule has 0 aliphatic rings. The van der Waals surface area contributed by atoms with Gasteiger partial charge in [-0.2, -0.15) is 5.10 Å². The molecule has 130 valence electrons. The Kier molecular flexibility index (Phi) is 5.99. The Morgan fingerprint density at radius 2 is 1.68 bits per heavy atom. The van der Waals surface area contributed by atoms with Crippen LogP contribution in [0.1, 0.15) is 22.9 Å². The quantitative estimate of drug-likeness (QED) is 0.629. The van der Waals surface area contributed by atoms with Gasteiger partial charge in [0, 0.05) is 26.3 Å². The average Bonchev–Trinajstić information content (AvgIpc) is 3.06. The summed E-state index contributed by atoms with van der Waals surface area (Å²) in [5, 5.41) is 4.29. The van der Waals surface area contributed by atoms with Gasteiger partial charge in [0.15, 0.2) is 0 Å². The summed E-state index contributed by atoms with van der Waals surface area (Å²) in [6.45, 7) is 2.45. The van der Waals surface area contributed by atoms with Gasteiger partial charge >= 0.3 is 0 Å². The molecule has 2 aromatic carbocycles. The molecular weight excluding hydrogens is 310 g/mol. The number of aryl methyl sites for hydroxylation is 1. The minimum absolute atomic E-state index is 0.0983. The molecule has 0 spiro atoms. The van der Waals surface area contributed by atoms with E-state index in [2.05, 4.69) is 53.4 Å². The maximum atomic E-state index is 6.26. The molecule has 1 heterocycles. The van der Waals surface area contributed by atoms with Gasteiger partial charge in [-0.25, -0.2) is 0 Å². The number of benzene rings is 2. The summed E-state index contributed by atoms with van der Waals surface area (Å²) in [5.41, 5.74) is 3.53. The summed E-state index contributed by atoms with van der Waals surface area (Å²) in [4.78, 5) is 2.28. The zero-order valence-electron chi connectivity index (χ0n) is 14.9. The largest absolute Gasteiger partial charge is 0.366 e. The molecule has 0 saturated heterocycles. The van der Waals surface area contributed by atoms with Crippen molar-refractivity contribution < 1.29 is 4.74 Å². The molecule has 0 bridgehead atoms. The van der Waals surface area contributed by atoms with Crippen LogP contribution in [0.25, 0.3) is 0 Å². The van der Waals surface area contributed by atoms with Crippen molar-refractivity contribution in [1.82, 2.24) is 14.7 Å². The van der Waals surface area contributed by atoms with Gasteiger partial charge in [-0.05, 0) is 24.2 Å². The first kappa shape index (κ1) is 17.4. The lowest BCUT2D eigenvalue weighted by molar-refractivity contribution is 0.0589. The molecule has 1 aromatic heterocycles. The number of hydrogen-bond acceptors (Lipinski definition) is 3. The van der Waals surface area contributed by atoms with Crippen molar-refractivity contribution >= 4 is 0 Å². The van der Waals surface area contributed by atoms with Crippen LogP contribution in [0.4, 0.5) is 0 Å². The molecule has 0 saturated carbocycles. The molecule has 3 aromatic rings. The Labute approximate surface area is 149 Å². The van der Waals surface area contributed by atoms with Crippen LogP contribution in [0.2, 0.25) is 0 Å². The average molecular weight is 335 g/mol. The van der Waals surface area contributed by atoms with Gasteiger partial charge in [-0.15, -0.1) is 0 Å². The molecule has 1 atom stereocenters. The first-order valence-corrected chi connectivity index (χ1v) is 8.61. The highest BCUT2D eigenvalue weighted by Gasteiger charge is 2.18. The van der Waals surface area contributed by atoms with E-state index in [1.165, 1.54) is 5.56 Å². The topological polar surface area (TPSA) is 30.3 Å². The van der Waals surface area contributed by atoms with E-state index in [4.69, 9.17) is 4.74 Å². The van der Waals surface area contributed by atoms with Crippen LogP contribution in [0, 0.1) is 0 Å².